The molecule has 0 aromatic heterocycles. The van der Waals surface area contributed by atoms with E-state index in [2.05, 4.69) is 0 Å². The van der Waals surface area contributed by atoms with Gasteiger partial charge in [0.2, 0.25) is 0 Å². The summed E-state index contributed by atoms with van der Waals surface area (Å²) >= 11 is 0. The number of ether oxygens (including phenoxy) is 2. The molecule has 2 rings (SSSR count). The number of nitrogens with zero attached hydrogens (tertiary/aromatic N) is 1. The predicted octanol–water partition coefficient (Wildman–Crippen LogP) is 1.24. The molecule has 0 unspecified atom stereocenters. The van der Waals surface area contributed by atoms with Crippen LogP contribution in [0, 0.1) is 0 Å². The van der Waals surface area contributed by atoms with Crippen molar-refractivity contribution < 1.29 is 24.2 Å². The molecule has 6 heteroatoms. The summed E-state index contributed by atoms with van der Waals surface area (Å²) in [7, 11) is 0. The first-order valence-corrected chi connectivity index (χ1v) is 6.40. The molecule has 6 nitrogen and oxygen atoms in total. The zero-order valence-electron chi connectivity index (χ0n) is 10.5. The Labute approximate surface area is 106 Å². The van der Waals surface area contributed by atoms with Gasteiger partial charge >= 0.3 is 12.1 Å². The van der Waals surface area contributed by atoms with Gasteiger partial charge in [0.1, 0.15) is 6.61 Å². The van der Waals surface area contributed by atoms with Crippen molar-refractivity contribution in [2.45, 2.75) is 50.8 Å². The molecule has 0 aromatic rings. The number of hydrogen-bond acceptors (Lipinski definition) is 4. The summed E-state index contributed by atoms with van der Waals surface area (Å²) in [4.78, 5) is 23.8. The first-order valence-electron chi connectivity index (χ1n) is 6.40. The van der Waals surface area contributed by atoms with Gasteiger partial charge in [0.15, 0.2) is 0 Å². The Hall–Kier alpha value is -1.30. The number of fused-ring (bicyclic) bond motifs is 2. The lowest BCUT2D eigenvalue weighted by molar-refractivity contribution is -0.152. The molecular formula is C12H19NO5. The standard InChI is InChI=1S/C12H19NO5/c1-2-17-11(14)7-18-10-5-8-3-4-9(6-10)13(8)12(15)16/h8-10H,2-7H2,1H3,(H,15,16)/t8-,9+,10+. The second-order valence-corrected chi connectivity index (χ2v) is 4.78. The second kappa shape index (κ2) is 5.56. The third-order valence-electron chi connectivity index (χ3n) is 3.65. The zero-order valence-corrected chi connectivity index (χ0v) is 10.5. The Bertz CT molecular complexity index is 318. The van der Waals surface area contributed by atoms with Crippen LogP contribution in [0.15, 0.2) is 0 Å². The van der Waals surface area contributed by atoms with E-state index in [0.29, 0.717) is 19.4 Å². The van der Waals surface area contributed by atoms with Crippen molar-refractivity contribution in [2.75, 3.05) is 13.2 Å². The summed E-state index contributed by atoms with van der Waals surface area (Å²) in [6, 6.07) is 0.0990. The highest BCUT2D eigenvalue weighted by atomic mass is 16.6. The van der Waals surface area contributed by atoms with Gasteiger partial charge in [-0.2, -0.15) is 0 Å². The van der Waals surface area contributed by atoms with Crippen LogP contribution in [0.3, 0.4) is 0 Å². The van der Waals surface area contributed by atoms with Crippen LogP contribution in [0.1, 0.15) is 32.6 Å². The molecule has 2 bridgehead atoms. The molecule has 0 saturated carbocycles. The van der Waals surface area contributed by atoms with E-state index in [4.69, 9.17) is 14.6 Å². The molecule has 0 aliphatic carbocycles. The molecule has 0 radical (unpaired) electrons. The zero-order chi connectivity index (χ0) is 13.1. The van der Waals surface area contributed by atoms with Gasteiger partial charge in [-0.25, -0.2) is 9.59 Å². The Morgan fingerprint density at radius 1 is 1.28 bits per heavy atom. The quantitative estimate of drug-likeness (QED) is 0.767. The van der Waals surface area contributed by atoms with Crippen LogP contribution in [0.4, 0.5) is 4.79 Å². The highest BCUT2D eigenvalue weighted by molar-refractivity contribution is 5.70. The van der Waals surface area contributed by atoms with Crippen molar-refractivity contribution in [1.29, 1.82) is 0 Å². The Morgan fingerprint density at radius 3 is 2.39 bits per heavy atom. The minimum absolute atomic E-state index is 0.0255. The van der Waals surface area contributed by atoms with Crippen molar-refractivity contribution in [3.8, 4) is 0 Å². The molecule has 2 aliphatic rings. The fraction of sp³-hybridized carbons (Fsp3) is 0.833. The van der Waals surface area contributed by atoms with Crippen LogP contribution >= 0.6 is 0 Å². The van der Waals surface area contributed by atoms with Crippen LogP contribution in [-0.4, -0.2) is 53.5 Å². The molecule has 2 heterocycles. The van der Waals surface area contributed by atoms with Crippen molar-refractivity contribution in [2.24, 2.45) is 0 Å². The van der Waals surface area contributed by atoms with Gasteiger partial charge in [0.05, 0.1) is 12.7 Å². The van der Waals surface area contributed by atoms with E-state index in [9.17, 15) is 9.59 Å². The lowest BCUT2D eigenvalue weighted by Crippen LogP contribution is -2.48. The van der Waals surface area contributed by atoms with Crippen LogP contribution in [0.25, 0.3) is 0 Å². The molecule has 2 aliphatic heterocycles. The van der Waals surface area contributed by atoms with Crippen LogP contribution in [0.5, 0.6) is 0 Å². The minimum atomic E-state index is -0.841. The predicted molar refractivity (Wildman–Crippen MR) is 62.3 cm³/mol. The van der Waals surface area contributed by atoms with Crippen molar-refractivity contribution in [1.82, 2.24) is 4.90 Å². The SMILES string of the molecule is CCOC(=O)CO[C@H]1C[C@H]2CC[C@@H](C1)N2C(=O)O. The molecule has 1 N–H and O–H groups in total. The van der Waals surface area contributed by atoms with Crippen molar-refractivity contribution in [3.63, 3.8) is 0 Å². The molecule has 0 aromatic carbocycles. The first kappa shape index (κ1) is 13.1. The topological polar surface area (TPSA) is 76.1 Å². The number of hydrogen-bond donors (Lipinski definition) is 1. The van der Waals surface area contributed by atoms with E-state index in [1.807, 2.05) is 0 Å². The number of rotatable bonds is 4. The van der Waals surface area contributed by atoms with E-state index in [-0.39, 0.29) is 30.8 Å². The normalized spacial score (nSPS) is 30.3. The summed E-state index contributed by atoms with van der Waals surface area (Å²) in [5.41, 5.74) is 0. The number of piperidine rings is 1. The number of amides is 1. The summed E-state index contributed by atoms with van der Waals surface area (Å²) < 4.78 is 10.3. The maximum atomic E-state index is 11.2. The Kier molecular flexibility index (Phi) is 4.06. The summed E-state index contributed by atoms with van der Waals surface area (Å²) in [6.45, 7) is 2.07. The largest absolute Gasteiger partial charge is 0.465 e. The smallest absolute Gasteiger partial charge is 0.407 e. The summed E-state index contributed by atoms with van der Waals surface area (Å²) in [6.07, 6.45) is 2.30. The van der Waals surface area contributed by atoms with Crippen LogP contribution < -0.4 is 0 Å². The Balaban J connectivity index is 1.82. The van der Waals surface area contributed by atoms with Crippen molar-refractivity contribution >= 4 is 12.1 Å². The second-order valence-electron chi connectivity index (χ2n) is 4.78. The fourth-order valence-corrected chi connectivity index (χ4v) is 2.96. The van der Waals surface area contributed by atoms with Crippen LogP contribution in [-0.2, 0) is 14.3 Å². The molecule has 102 valence electrons. The molecule has 2 fully saturated rings. The maximum absolute atomic E-state index is 11.2. The molecule has 2 saturated heterocycles. The molecule has 0 spiro atoms. The monoisotopic (exact) mass is 257 g/mol. The average molecular weight is 257 g/mol. The highest BCUT2D eigenvalue weighted by Gasteiger charge is 2.43. The van der Waals surface area contributed by atoms with Gasteiger partial charge in [-0.3, -0.25) is 0 Å². The van der Waals surface area contributed by atoms with Gasteiger partial charge in [-0.1, -0.05) is 0 Å². The molecule has 1 amide bonds. The number of carboxylic acid groups (broad SMARTS) is 1. The third-order valence-corrected chi connectivity index (χ3v) is 3.65. The Morgan fingerprint density at radius 2 is 1.89 bits per heavy atom. The van der Waals surface area contributed by atoms with E-state index < -0.39 is 6.09 Å². The van der Waals surface area contributed by atoms with Crippen molar-refractivity contribution in [3.05, 3.63) is 0 Å². The third kappa shape index (κ3) is 2.75. The molecular weight excluding hydrogens is 238 g/mol. The van der Waals surface area contributed by atoms with E-state index in [0.717, 1.165) is 12.8 Å². The van der Waals surface area contributed by atoms with Gasteiger partial charge < -0.3 is 19.5 Å². The molecule has 3 atom stereocenters. The summed E-state index contributed by atoms with van der Waals surface area (Å²) in [5, 5.41) is 9.10. The van der Waals surface area contributed by atoms with Crippen LogP contribution in [0.2, 0.25) is 0 Å². The van der Waals surface area contributed by atoms with Gasteiger partial charge in [-0.05, 0) is 32.6 Å². The first-order chi connectivity index (χ1) is 8.61. The number of carbonyl (C=O) groups excluding carboxylic acids is 1. The lowest BCUT2D eigenvalue weighted by atomic mass is 10.0. The lowest BCUT2D eigenvalue weighted by Gasteiger charge is -2.36. The highest BCUT2D eigenvalue weighted by Crippen LogP contribution is 2.36. The van der Waals surface area contributed by atoms with E-state index in [1.54, 1.807) is 11.8 Å². The fourth-order valence-electron chi connectivity index (χ4n) is 2.96. The summed E-state index contributed by atoms with van der Waals surface area (Å²) in [5.74, 6) is -0.356. The van der Waals surface area contributed by atoms with E-state index >= 15 is 0 Å². The van der Waals surface area contributed by atoms with E-state index in [1.165, 1.54) is 0 Å². The van der Waals surface area contributed by atoms with Gasteiger partial charge in [0.25, 0.3) is 0 Å². The maximum Gasteiger partial charge on any atom is 0.407 e. The van der Waals surface area contributed by atoms with Gasteiger partial charge in [-0.15, -0.1) is 0 Å². The number of carbonyl (C=O) groups is 2. The average Bonchev–Trinajstić information content (AvgIpc) is 2.59. The molecule has 18 heavy (non-hydrogen) atoms. The number of esters is 1. The van der Waals surface area contributed by atoms with Gasteiger partial charge in [0, 0.05) is 12.1 Å². The minimum Gasteiger partial charge on any atom is -0.465 e.